The summed E-state index contributed by atoms with van der Waals surface area (Å²) in [4.78, 5) is 17.8. The molecule has 7 nitrogen and oxygen atoms in total. The van der Waals surface area contributed by atoms with Crippen LogP contribution in [-0.2, 0) is 9.47 Å². The first-order chi connectivity index (χ1) is 13.2. The van der Waals surface area contributed by atoms with Crippen molar-refractivity contribution in [2.45, 2.75) is 18.9 Å². The van der Waals surface area contributed by atoms with Crippen molar-refractivity contribution >= 4 is 5.91 Å². The Morgan fingerprint density at radius 3 is 2.48 bits per heavy atom. The van der Waals surface area contributed by atoms with Gasteiger partial charge in [0.15, 0.2) is 0 Å². The fraction of sp³-hybridized carbons (Fsp3) is 0.650. The molecular weight excluding hydrogens is 348 g/mol. The average molecular weight is 378 g/mol. The van der Waals surface area contributed by atoms with E-state index in [-0.39, 0.29) is 11.9 Å². The molecule has 0 unspecified atom stereocenters. The summed E-state index contributed by atoms with van der Waals surface area (Å²) in [5, 5.41) is 0. The molecule has 0 atom stereocenters. The molecule has 2 saturated heterocycles. The van der Waals surface area contributed by atoms with Crippen molar-refractivity contribution in [2.75, 3.05) is 66.8 Å². The van der Waals surface area contributed by atoms with Gasteiger partial charge in [-0.25, -0.2) is 0 Å². The van der Waals surface area contributed by atoms with Gasteiger partial charge in [0.25, 0.3) is 5.91 Å². The number of amides is 1. The Hall–Kier alpha value is -1.83. The van der Waals surface area contributed by atoms with Crippen LogP contribution >= 0.6 is 0 Å². The van der Waals surface area contributed by atoms with Gasteiger partial charge >= 0.3 is 0 Å². The molecule has 3 rings (SSSR count). The summed E-state index contributed by atoms with van der Waals surface area (Å²) in [6, 6.07) is 5.55. The first-order valence-electron chi connectivity index (χ1n) is 9.63. The molecule has 2 heterocycles. The summed E-state index contributed by atoms with van der Waals surface area (Å²) >= 11 is 0. The molecule has 1 aromatic carbocycles. The number of morpholine rings is 1. The summed E-state index contributed by atoms with van der Waals surface area (Å²) in [6.45, 7) is 6.31. The second-order valence-electron chi connectivity index (χ2n) is 6.86. The first-order valence-corrected chi connectivity index (χ1v) is 9.63. The normalized spacial score (nSPS) is 18.9. The molecule has 2 aliphatic heterocycles. The fourth-order valence-electron chi connectivity index (χ4n) is 3.65. The summed E-state index contributed by atoms with van der Waals surface area (Å²) < 4.78 is 21.6. The van der Waals surface area contributed by atoms with E-state index < -0.39 is 0 Å². The third kappa shape index (κ3) is 5.12. The molecule has 27 heavy (non-hydrogen) atoms. The standard InChI is InChI=1S/C20H30N2O5/c1-24-17-3-4-18(19(15-17)25-2)20(23)22(16-5-11-26-12-6-16)8-7-21-9-13-27-14-10-21/h3-4,15-16H,5-14H2,1-2H3. The van der Waals surface area contributed by atoms with Crippen molar-refractivity contribution in [3.63, 3.8) is 0 Å². The number of rotatable bonds is 7. The minimum atomic E-state index is 0.00895. The monoisotopic (exact) mass is 378 g/mol. The molecule has 2 aliphatic rings. The molecule has 0 aromatic heterocycles. The van der Waals surface area contributed by atoms with Gasteiger partial charge in [-0.05, 0) is 25.0 Å². The maximum Gasteiger partial charge on any atom is 0.257 e. The molecule has 0 spiro atoms. The van der Waals surface area contributed by atoms with Crippen molar-refractivity contribution < 1.29 is 23.7 Å². The number of methoxy groups -OCH3 is 2. The maximum atomic E-state index is 13.4. The zero-order chi connectivity index (χ0) is 19.1. The van der Waals surface area contributed by atoms with E-state index in [1.165, 1.54) is 0 Å². The second-order valence-corrected chi connectivity index (χ2v) is 6.86. The predicted molar refractivity (Wildman–Crippen MR) is 102 cm³/mol. The maximum absolute atomic E-state index is 13.4. The summed E-state index contributed by atoms with van der Waals surface area (Å²) in [6.07, 6.45) is 1.74. The third-order valence-corrected chi connectivity index (χ3v) is 5.29. The van der Waals surface area contributed by atoms with Gasteiger partial charge in [0.2, 0.25) is 0 Å². The third-order valence-electron chi connectivity index (χ3n) is 5.29. The van der Waals surface area contributed by atoms with E-state index in [2.05, 4.69) is 4.90 Å². The van der Waals surface area contributed by atoms with Crippen molar-refractivity contribution in [3.8, 4) is 11.5 Å². The van der Waals surface area contributed by atoms with Crippen LogP contribution in [0.5, 0.6) is 11.5 Å². The van der Waals surface area contributed by atoms with Gasteiger partial charge in [0.05, 0.1) is 33.0 Å². The van der Waals surface area contributed by atoms with Crippen LogP contribution < -0.4 is 9.47 Å². The quantitative estimate of drug-likeness (QED) is 0.719. The van der Waals surface area contributed by atoms with Crippen LogP contribution in [0.1, 0.15) is 23.2 Å². The lowest BCUT2D eigenvalue weighted by atomic mass is 10.0. The Kier molecular flexibility index (Phi) is 7.32. The lowest BCUT2D eigenvalue weighted by Gasteiger charge is -2.36. The number of carbonyl (C=O) groups excluding carboxylic acids is 1. The molecule has 0 N–H and O–H groups in total. The van der Waals surface area contributed by atoms with Crippen LogP contribution in [0.2, 0.25) is 0 Å². The number of hydrogen-bond acceptors (Lipinski definition) is 6. The lowest BCUT2D eigenvalue weighted by molar-refractivity contribution is 0.0140. The predicted octanol–water partition coefficient (Wildman–Crippen LogP) is 1.66. The largest absolute Gasteiger partial charge is 0.497 e. The van der Waals surface area contributed by atoms with E-state index in [9.17, 15) is 4.79 Å². The number of nitrogens with zero attached hydrogens (tertiary/aromatic N) is 2. The van der Waals surface area contributed by atoms with Gasteiger partial charge in [-0.1, -0.05) is 0 Å². The van der Waals surface area contributed by atoms with Gasteiger partial charge in [0.1, 0.15) is 11.5 Å². The second kappa shape index (κ2) is 9.92. The van der Waals surface area contributed by atoms with Crippen molar-refractivity contribution in [2.24, 2.45) is 0 Å². The van der Waals surface area contributed by atoms with Crippen LogP contribution in [0.15, 0.2) is 18.2 Å². The van der Waals surface area contributed by atoms with Gasteiger partial charge < -0.3 is 23.8 Å². The molecule has 0 saturated carbocycles. The molecule has 7 heteroatoms. The smallest absolute Gasteiger partial charge is 0.257 e. The highest BCUT2D eigenvalue weighted by Gasteiger charge is 2.29. The number of hydrogen-bond donors (Lipinski definition) is 0. The minimum Gasteiger partial charge on any atom is -0.497 e. The average Bonchev–Trinajstić information content (AvgIpc) is 2.74. The van der Waals surface area contributed by atoms with E-state index in [0.717, 1.165) is 45.7 Å². The van der Waals surface area contributed by atoms with Crippen molar-refractivity contribution in [3.05, 3.63) is 23.8 Å². The van der Waals surface area contributed by atoms with E-state index in [1.54, 1.807) is 32.4 Å². The highest BCUT2D eigenvalue weighted by atomic mass is 16.5. The zero-order valence-electron chi connectivity index (χ0n) is 16.3. The van der Waals surface area contributed by atoms with Crippen LogP contribution in [0.25, 0.3) is 0 Å². The van der Waals surface area contributed by atoms with Gasteiger partial charge in [0, 0.05) is 51.5 Å². The number of carbonyl (C=O) groups is 1. The molecule has 150 valence electrons. The van der Waals surface area contributed by atoms with E-state index in [1.807, 2.05) is 4.90 Å². The van der Waals surface area contributed by atoms with Crippen LogP contribution in [0, 0.1) is 0 Å². The van der Waals surface area contributed by atoms with Crippen LogP contribution in [0.3, 0.4) is 0 Å². The zero-order valence-corrected chi connectivity index (χ0v) is 16.3. The summed E-state index contributed by atoms with van der Waals surface area (Å²) in [7, 11) is 3.19. The Bertz CT molecular complexity index is 612. The molecular formula is C20H30N2O5. The SMILES string of the molecule is COc1ccc(C(=O)N(CCN2CCOCC2)C2CCOCC2)c(OC)c1. The Morgan fingerprint density at radius 2 is 1.81 bits per heavy atom. The summed E-state index contributed by atoms with van der Waals surface area (Å²) in [5.41, 5.74) is 0.576. The highest BCUT2D eigenvalue weighted by Crippen LogP contribution is 2.27. The number of ether oxygens (including phenoxy) is 4. The molecule has 2 fully saturated rings. The van der Waals surface area contributed by atoms with Gasteiger partial charge in [-0.15, -0.1) is 0 Å². The first kappa shape index (κ1) is 19.9. The minimum absolute atomic E-state index is 0.00895. The van der Waals surface area contributed by atoms with Crippen molar-refractivity contribution in [1.82, 2.24) is 9.80 Å². The van der Waals surface area contributed by atoms with Crippen molar-refractivity contribution in [1.29, 1.82) is 0 Å². The number of benzene rings is 1. The van der Waals surface area contributed by atoms with Gasteiger partial charge in [-0.3, -0.25) is 9.69 Å². The Morgan fingerprint density at radius 1 is 1.11 bits per heavy atom. The molecule has 1 aromatic rings. The van der Waals surface area contributed by atoms with E-state index in [4.69, 9.17) is 18.9 Å². The Labute approximate surface area is 161 Å². The molecule has 0 aliphatic carbocycles. The fourth-order valence-corrected chi connectivity index (χ4v) is 3.65. The van der Waals surface area contributed by atoms with Gasteiger partial charge in [-0.2, -0.15) is 0 Å². The van der Waals surface area contributed by atoms with E-state index >= 15 is 0 Å². The van der Waals surface area contributed by atoms with Crippen LogP contribution in [0.4, 0.5) is 0 Å². The highest BCUT2D eigenvalue weighted by molar-refractivity contribution is 5.97. The summed E-state index contributed by atoms with van der Waals surface area (Å²) in [5.74, 6) is 1.23. The van der Waals surface area contributed by atoms with Crippen LogP contribution in [-0.4, -0.2) is 88.6 Å². The molecule has 0 bridgehead atoms. The Balaban J connectivity index is 1.77. The van der Waals surface area contributed by atoms with E-state index in [0.29, 0.717) is 36.8 Å². The lowest BCUT2D eigenvalue weighted by Crippen LogP contribution is -2.48. The topological polar surface area (TPSA) is 60.5 Å². The molecule has 1 amide bonds. The molecule has 0 radical (unpaired) electrons.